The van der Waals surface area contributed by atoms with Crippen molar-refractivity contribution in [2.45, 2.75) is 38.1 Å². The Morgan fingerprint density at radius 1 is 0.864 bits per heavy atom. The van der Waals surface area contributed by atoms with Crippen molar-refractivity contribution in [3.63, 3.8) is 0 Å². The molecule has 0 aromatic rings. The highest BCUT2D eigenvalue weighted by Crippen LogP contribution is 2.12. The monoisotopic (exact) mass is 308 g/mol. The van der Waals surface area contributed by atoms with E-state index in [0.717, 1.165) is 77.9 Å². The lowest BCUT2D eigenvalue weighted by molar-refractivity contribution is -0.132. The molecule has 0 aromatic heterocycles. The molecule has 0 spiro atoms. The number of amides is 2. The zero-order valence-electron chi connectivity index (χ0n) is 13.4. The van der Waals surface area contributed by atoms with Gasteiger partial charge in [-0.3, -0.25) is 14.5 Å². The summed E-state index contributed by atoms with van der Waals surface area (Å²) in [5.41, 5.74) is 0. The summed E-state index contributed by atoms with van der Waals surface area (Å²) in [6.45, 7) is 6.63. The normalized spacial score (nSPS) is 27.2. The molecule has 3 fully saturated rings. The Hall–Kier alpha value is -1.14. The quantitative estimate of drug-likeness (QED) is 0.791. The number of nitrogens with one attached hydrogen (secondary N) is 1. The highest BCUT2D eigenvalue weighted by Gasteiger charge is 2.29. The van der Waals surface area contributed by atoms with Crippen LogP contribution < -0.4 is 5.32 Å². The van der Waals surface area contributed by atoms with E-state index in [1.165, 1.54) is 0 Å². The van der Waals surface area contributed by atoms with Gasteiger partial charge in [0.1, 0.15) is 0 Å². The Bertz CT molecular complexity index is 403. The van der Waals surface area contributed by atoms with E-state index in [9.17, 15) is 9.59 Å². The zero-order chi connectivity index (χ0) is 15.4. The van der Waals surface area contributed by atoms with Crippen molar-refractivity contribution >= 4 is 11.8 Å². The predicted molar refractivity (Wildman–Crippen MR) is 84.5 cm³/mol. The van der Waals surface area contributed by atoms with Crippen LogP contribution in [0.25, 0.3) is 0 Å². The molecule has 3 aliphatic heterocycles. The van der Waals surface area contributed by atoms with E-state index in [-0.39, 0.29) is 17.9 Å². The van der Waals surface area contributed by atoms with Gasteiger partial charge in [-0.2, -0.15) is 0 Å². The number of carbonyl (C=O) groups excluding carboxylic acids is 2. The second-order valence-electron chi connectivity index (χ2n) is 6.69. The molecular formula is C16H28N4O2. The van der Waals surface area contributed by atoms with Crippen molar-refractivity contribution in [2.24, 2.45) is 0 Å². The Kier molecular flexibility index (Phi) is 5.31. The van der Waals surface area contributed by atoms with E-state index in [4.69, 9.17) is 0 Å². The molecule has 1 atom stereocenters. The van der Waals surface area contributed by atoms with E-state index in [1.54, 1.807) is 0 Å². The van der Waals surface area contributed by atoms with Crippen LogP contribution in [-0.4, -0.2) is 84.9 Å². The maximum absolute atomic E-state index is 12.5. The maximum Gasteiger partial charge on any atom is 0.239 e. The summed E-state index contributed by atoms with van der Waals surface area (Å²) < 4.78 is 0. The molecule has 6 heteroatoms. The smallest absolute Gasteiger partial charge is 0.239 e. The van der Waals surface area contributed by atoms with Gasteiger partial charge in [-0.1, -0.05) is 0 Å². The minimum Gasteiger partial charge on any atom is -0.342 e. The standard InChI is InChI=1S/C16H28N4O2/c21-15(19-8-1-2-9-19)13-18-7-4-10-20(12-11-18)16(22)14-5-3-6-17-14/h14,17H,1-13H2. The van der Waals surface area contributed by atoms with Crippen LogP contribution in [0.1, 0.15) is 32.1 Å². The van der Waals surface area contributed by atoms with E-state index in [0.29, 0.717) is 6.54 Å². The van der Waals surface area contributed by atoms with Crippen LogP contribution in [0.4, 0.5) is 0 Å². The van der Waals surface area contributed by atoms with E-state index < -0.39 is 0 Å². The average molecular weight is 308 g/mol. The van der Waals surface area contributed by atoms with Crippen LogP contribution in [0.2, 0.25) is 0 Å². The second-order valence-corrected chi connectivity index (χ2v) is 6.69. The summed E-state index contributed by atoms with van der Waals surface area (Å²) >= 11 is 0. The van der Waals surface area contributed by atoms with E-state index >= 15 is 0 Å². The molecule has 3 rings (SSSR count). The molecule has 124 valence electrons. The van der Waals surface area contributed by atoms with Gasteiger partial charge in [0, 0.05) is 39.3 Å². The molecule has 6 nitrogen and oxygen atoms in total. The molecule has 1 unspecified atom stereocenters. The Labute approximate surface area is 132 Å². The highest BCUT2D eigenvalue weighted by molar-refractivity contribution is 5.82. The largest absolute Gasteiger partial charge is 0.342 e. The minimum absolute atomic E-state index is 0.0257. The average Bonchev–Trinajstić information content (AvgIpc) is 3.18. The second kappa shape index (κ2) is 7.42. The van der Waals surface area contributed by atoms with Crippen LogP contribution in [0.5, 0.6) is 0 Å². The van der Waals surface area contributed by atoms with Crippen molar-refractivity contribution in [1.82, 2.24) is 20.0 Å². The first-order valence-electron chi connectivity index (χ1n) is 8.76. The summed E-state index contributed by atoms with van der Waals surface area (Å²) in [5, 5.41) is 3.29. The van der Waals surface area contributed by atoms with Gasteiger partial charge in [-0.05, 0) is 38.6 Å². The van der Waals surface area contributed by atoms with Crippen LogP contribution in [-0.2, 0) is 9.59 Å². The fourth-order valence-electron chi connectivity index (χ4n) is 3.72. The Balaban J connectivity index is 1.46. The summed E-state index contributed by atoms with van der Waals surface area (Å²) in [5.74, 6) is 0.514. The first kappa shape index (κ1) is 15.7. The molecule has 22 heavy (non-hydrogen) atoms. The topological polar surface area (TPSA) is 55.9 Å². The highest BCUT2D eigenvalue weighted by atomic mass is 16.2. The first-order chi connectivity index (χ1) is 10.7. The van der Waals surface area contributed by atoms with Crippen LogP contribution in [0.3, 0.4) is 0 Å². The third kappa shape index (κ3) is 3.79. The van der Waals surface area contributed by atoms with Crippen molar-refractivity contribution in [1.29, 1.82) is 0 Å². The lowest BCUT2D eigenvalue weighted by atomic mass is 10.2. The first-order valence-corrected chi connectivity index (χ1v) is 8.76. The fraction of sp³-hybridized carbons (Fsp3) is 0.875. The fourth-order valence-corrected chi connectivity index (χ4v) is 3.72. The van der Waals surface area contributed by atoms with Gasteiger partial charge in [0.2, 0.25) is 11.8 Å². The van der Waals surface area contributed by atoms with Gasteiger partial charge >= 0.3 is 0 Å². The molecule has 1 N–H and O–H groups in total. The zero-order valence-corrected chi connectivity index (χ0v) is 13.4. The summed E-state index contributed by atoms with van der Waals surface area (Å²) in [7, 11) is 0. The number of rotatable bonds is 3. The van der Waals surface area contributed by atoms with Crippen LogP contribution in [0.15, 0.2) is 0 Å². The van der Waals surface area contributed by atoms with Gasteiger partial charge in [-0.25, -0.2) is 0 Å². The summed E-state index contributed by atoms with van der Waals surface area (Å²) in [4.78, 5) is 30.9. The molecule has 0 aromatic carbocycles. The van der Waals surface area contributed by atoms with E-state index in [1.807, 2.05) is 9.80 Å². The number of nitrogens with zero attached hydrogens (tertiary/aromatic N) is 3. The van der Waals surface area contributed by atoms with E-state index in [2.05, 4.69) is 10.2 Å². The van der Waals surface area contributed by atoms with Gasteiger partial charge in [0.25, 0.3) is 0 Å². The van der Waals surface area contributed by atoms with Crippen molar-refractivity contribution in [2.75, 3.05) is 52.4 Å². The third-order valence-electron chi connectivity index (χ3n) is 5.08. The van der Waals surface area contributed by atoms with Gasteiger partial charge < -0.3 is 15.1 Å². The lowest BCUT2D eigenvalue weighted by Crippen LogP contribution is -2.45. The third-order valence-corrected chi connectivity index (χ3v) is 5.08. The van der Waals surface area contributed by atoms with Gasteiger partial charge in [0.15, 0.2) is 0 Å². The SMILES string of the molecule is O=C(CN1CCCN(C(=O)C2CCCN2)CC1)N1CCCC1. The van der Waals surface area contributed by atoms with Gasteiger partial charge in [0.05, 0.1) is 12.6 Å². The van der Waals surface area contributed by atoms with Crippen molar-refractivity contribution in [3.05, 3.63) is 0 Å². The molecule has 0 saturated carbocycles. The number of likely N-dealkylation sites (tertiary alicyclic amines) is 1. The van der Waals surface area contributed by atoms with Crippen molar-refractivity contribution < 1.29 is 9.59 Å². The summed E-state index contributed by atoms with van der Waals surface area (Å²) in [6.07, 6.45) is 5.31. The molecule has 3 heterocycles. The molecule has 0 bridgehead atoms. The number of hydrogen-bond acceptors (Lipinski definition) is 4. The van der Waals surface area contributed by atoms with Crippen LogP contribution >= 0.6 is 0 Å². The van der Waals surface area contributed by atoms with Crippen molar-refractivity contribution in [3.8, 4) is 0 Å². The van der Waals surface area contributed by atoms with Crippen LogP contribution in [0, 0.1) is 0 Å². The molecule has 0 radical (unpaired) electrons. The Morgan fingerprint density at radius 2 is 1.64 bits per heavy atom. The number of carbonyl (C=O) groups is 2. The molecule has 3 aliphatic rings. The lowest BCUT2D eigenvalue weighted by Gasteiger charge is -2.25. The molecule has 3 saturated heterocycles. The molecule has 2 amide bonds. The molecule has 0 aliphatic carbocycles. The van der Waals surface area contributed by atoms with Gasteiger partial charge in [-0.15, -0.1) is 0 Å². The number of hydrogen-bond donors (Lipinski definition) is 1. The molecular weight excluding hydrogens is 280 g/mol. The maximum atomic E-state index is 12.5. The predicted octanol–water partition coefficient (Wildman–Crippen LogP) is -0.105. The summed E-state index contributed by atoms with van der Waals surface area (Å²) in [6, 6.07) is 0.0257. The minimum atomic E-state index is 0.0257. The Morgan fingerprint density at radius 3 is 2.36 bits per heavy atom.